The number of quaternary nitrogens is 1. The third kappa shape index (κ3) is 3.18. The molecule has 2 aromatic rings. The minimum Gasteiger partial charge on any atom is -0.334 e. The Morgan fingerprint density at radius 2 is 1.00 bits per heavy atom. The highest BCUT2D eigenvalue weighted by atomic mass is 14.9. The van der Waals surface area contributed by atoms with Gasteiger partial charge < -0.3 is 5.32 Å². The van der Waals surface area contributed by atoms with Crippen molar-refractivity contribution in [3.05, 3.63) is 71.8 Å². The van der Waals surface area contributed by atoms with Crippen LogP contribution in [0.25, 0.3) is 0 Å². The minimum atomic E-state index is 0.492. The first-order valence-corrected chi connectivity index (χ1v) is 6.22. The van der Waals surface area contributed by atoms with Crippen LogP contribution >= 0.6 is 0 Å². The maximum atomic E-state index is 2.41. The average molecular weight is 226 g/mol. The van der Waals surface area contributed by atoms with Crippen LogP contribution in [0.3, 0.4) is 0 Å². The summed E-state index contributed by atoms with van der Waals surface area (Å²) in [5.41, 5.74) is 2.77. The molecule has 0 unspecified atom stereocenters. The van der Waals surface area contributed by atoms with Crippen molar-refractivity contribution in [1.29, 1.82) is 0 Å². The molecule has 0 bridgehead atoms. The highest BCUT2D eigenvalue weighted by molar-refractivity contribution is 5.18. The molecule has 0 aliphatic carbocycles. The average Bonchev–Trinajstić information content (AvgIpc) is 2.40. The van der Waals surface area contributed by atoms with Gasteiger partial charge in [-0.05, 0) is 13.8 Å². The van der Waals surface area contributed by atoms with E-state index in [0.717, 1.165) is 0 Å². The zero-order valence-corrected chi connectivity index (χ0v) is 10.5. The van der Waals surface area contributed by atoms with Crippen LogP contribution < -0.4 is 5.32 Å². The van der Waals surface area contributed by atoms with Crippen LogP contribution in [0.15, 0.2) is 60.7 Å². The Morgan fingerprint density at radius 1 is 0.647 bits per heavy atom. The highest BCUT2D eigenvalue weighted by Crippen LogP contribution is 2.11. The van der Waals surface area contributed by atoms with Crippen LogP contribution in [0.1, 0.15) is 37.1 Å². The van der Waals surface area contributed by atoms with E-state index >= 15 is 0 Å². The van der Waals surface area contributed by atoms with E-state index in [-0.39, 0.29) is 0 Å². The summed E-state index contributed by atoms with van der Waals surface area (Å²) in [6, 6.07) is 22.3. The third-order valence-corrected chi connectivity index (χ3v) is 3.23. The van der Waals surface area contributed by atoms with E-state index in [4.69, 9.17) is 0 Å². The molecule has 0 spiro atoms. The molecule has 17 heavy (non-hydrogen) atoms. The standard InChI is InChI=1S/C16H19N/c1-13(15-9-5-3-6-10-15)17-14(2)16-11-7-4-8-12-16/h3-14,17H,1-2H3/p+1/t13-,14-/m0/s1. The second-order valence-corrected chi connectivity index (χ2v) is 4.59. The smallest absolute Gasteiger partial charge is 0.109 e. The maximum absolute atomic E-state index is 2.41. The summed E-state index contributed by atoms with van der Waals surface area (Å²) < 4.78 is 0. The fraction of sp³-hybridized carbons (Fsp3) is 0.250. The lowest BCUT2D eigenvalue weighted by atomic mass is 10.0. The van der Waals surface area contributed by atoms with Crippen LogP contribution in [-0.4, -0.2) is 0 Å². The van der Waals surface area contributed by atoms with Gasteiger partial charge in [0.1, 0.15) is 12.1 Å². The third-order valence-electron chi connectivity index (χ3n) is 3.23. The largest absolute Gasteiger partial charge is 0.334 e. The Morgan fingerprint density at radius 3 is 1.35 bits per heavy atom. The number of hydrogen-bond acceptors (Lipinski definition) is 0. The predicted octanol–water partition coefficient (Wildman–Crippen LogP) is 3.07. The summed E-state index contributed by atoms with van der Waals surface area (Å²) in [6.07, 6.45) is 0. The van der Waals surface area contributed by atoms with Crippen LogP contribution in [0, 0.1) is 0 Å². The van der Waals surface area contributed by atoms with Crippen molar-refractivity contribution in [3.8, 4) is 0 Å². The van der Waals surface area contributed by atoms with Crippen LogP contribution in [0.2, 0.25) is 0 Å². The molecule has 0 radical (unpaired) electrons. The fourth-order valence-electron chi connectivity index (χ4n) is 2.17. The van der Waals surface area contributed by atoms with Crippen LogP contribution in [0.5, 0.6) is 0 Å². The van der Waals surface area contributed by atoms with Gasteiger partial charge in [0.05, 0.1) is 0 Å². The predicted molar refractivity (Wildman–Crippen MR) is 71.6 cm³/mol. The van der Waals surface area contributed by atoms with Gasteiger partial charge in [-0.1, -0.05) is 60.7 Å². The first kappa shape index (κ1) is 11.9. The van der Waals surface area contributed by atoms with Gasteiger partial charge in [-0.3, -0.25) is 0 Å². The van der Waals surface area contributed by atoms with Crippen LogP contribution in [0.4, 0.5) is 0 Å². The number of rotatable bonds is 4. The number of hydrogen-bond donors (Lipinski definition) is 1. The molecule has 2 rings (SSSR count). The molecule has 1 heteroatoms. The van der Waals surface area contributed by atoms with Crippen LogP contribution in [-0.2, 0) is 0 Å². The summed E-state index contributed by atoms with van der Waals surface area (Å²) in [5.74, 6) is 0. The molecule has 0 heterocycles. The van der Waals surface area contributed by atoms with Gasteiger partial charge in [-0.25, -0.2) is 0 Å². The van der Waals surface area contributed by atoms with Gasteiger partial charge in [-0.2, -0.15) is 0 Å². The summed E-state index contributed by atoms with van der Waals surface area (Å²) in [7, 11) is 0. The van der Waals surface area contributed by atoms with Gasteiger partial charge >= 0.3 is 0 Å². The molecule has 2 atom stereocenters. The topological polar surface area (TPSA) is 16.6 Å². The zero-order chi connectivity index (χ0) is 12.1. The normalized spacial score (nSPS) is 14.2. The second kappa shape index (κ2) is 5.65. The van der Waals surface area contributed by atoms with E-state index in [1.54, 1.807) is 0 Å². The van der Waals surface area contributed by atoms with Crippen molar-refractivity contribution in [2.75, 3.05) is 0 Å². The van der Waals surface area contributed by atoms with E-state index in [0.29, 0.717) is 12.1 Å². The molecule has 0 amide bonds. The van der Waals surface area contributed by atoms with E-state index in [1.165, 1.54) is 11.1 Å². The molecule has 0 saturated carbocycles. The van der Waals surface area contributed by atoms with Crippen molar-refractivity contribution < 1.29 is 5.32 Å². The van der Waals surface area contributed by atoms with Gasteiger partial charge in [0.25, 0.3) is 0 Å². The Balaban J connectivity index is 2.02. The molecule has 2 N–H and O–H groups in total. The maximum Gasteiger partial charge on any atom is 0.109 e. The van der Waals surface area contributed by atoms with Crippen molar-refractivity contribution in [3.63, 3.8) is 0 Å². The first-order chi connectivity index (χ1) is 8.27. The van der Waals surface area contributed by atoms with Gasteiger partial charge in [0.2, 0.25) is 0 Å². The molecule has 0 aliphatic rings. The second-order valence-electron chi connectivity index (χ2n) is 4.59. The van der Waals surface area contributed by atoms with E-state index in [9.17, 15) is 0 Å². The van der Waals surface area contributed by atoms with Crippen molar-refractivity contribution in [2.24, 2.45) is 0 Å². The van der Waals surface area contributed by atoms with Crippen molar-refractivity contribution in [2.45, 2.75) is 25.9 Å². The van der Waals surface area contributed by atoms with Gasteiger partial charge in [-0.15, -0.1) is 0 Å². The lowest BCUT2D eigenvalue weighted by Crippen LogP contribution is -2.85. The summed E-state index contributed by atoms with van der Waals surface area (Å²) >= 11 is 0. The Kier molecular flexibility index (Phi) is 3.94. The summed E-state index contributed by atoms with van der Waals surface area (Å²) in [5, 5.41) is 2.41. The molecule has 2 aromatic carbocycles. The Labute approximate surface area is 103 Å². The molecule has 1 nitrogen and oxygen atoms in total. The van der Waals surface area contributed by atoms with Crippen molar-refractivity contribution >= 4 is 0 Å². The van der Waals surface area contributed by atoms with E-state index in [1.807, 2.05) is 0 Å². The van der Waals surface area contributed by atoms with Gasteiger partial charge in [0.15, 0.2) is 0 Å². The van der Waals surface area contributed by atoms with E-state index < -0.39 is 0 Å². The molecular formula is C16H20N+. The molecule has 0 fully saturated rings. The Bertz CT molecular complexity index is 392. The summed E-state index contributed by atoms with van der Waals surface area (Å²) in [4.78, 5) is 0. The number of benzene rings is 2. The quantitative estimate of drug-likeness (QED) is 0.825. The zero-order valence-electron chi connectivity index (χ0n) is 10.5. The molecule has 0 saturated heterocycles. The van der Waals surface area contributed by atoms with E-state index in [2.05, 4.69) is 79.8 Å². The number of nitrogens with two attached hydrogens (primary N) is 1. The highest BCUT2D eigenvalue weighted by Gasteiger charge is 2.14. The first-order valence-electron chi connectivity index (χ1n) is 6.22. The monoisotopic (exact) mass is 226 g/mol. The minimum absolute atomic E-state index is 0.492. The molecule has 88 valence electrons. The molecule has 0 aliphatic heterocycles. The SMILES string of the molecule is C[C@H]([NH2+][C@@H](C)c1ccccc1)c1ccccc1. The Hall–Kier alpha value is -1.60. The lowest BCUT2D eigenvalue weighted by molar-refractivity contribution is -0.728. The fourth-order valence-corrected chi connectivity index (χ4v) is 2.17. The van der Waals surface area contributed by atoms with Gasteiger partial charge in [0, 0.05) is 11.1 Å². The molecule has 0 aromatic heterocycles. The molecular weight excluding hydrogens is 206 g/mol. The lowest BCUT2D eigenvalue weighted by Gasteiger charge is -2.17. The van der Waals surface area contributed by atoms with Crippen molar-refractivity contribution in [1.82, 2.24) is 0 Å². The summed E-state index contributed by atoms with van der Waals surface area (Å²) in [6.45, 7) is 4.52.